The first-order valence-electron chi connectivity index (χ1n) is 8.55. The lowest BCUT2D eigenvalue weighted by Crippen LogP contribution is -2.14. The SMILES string of the molecule is CCn1c(C(C#N)c2ccnc(NCC(C)C)n2)nc2ccccc21. The first-order chi connectivity index (χ1) is 12.1. The molecule has 1 unspecified atom stereocenters. The minimum atomic E-state index is -0.532. The normalized spacial score (nSPS) is 12.3. The van der Waals surface area contributed by atoms with Crippen LogP contribution in [0.5, 0.6) is 0 Å². The van der Waals surface area contributed by atoms with E-state index in [0.717, 1.165) is 29.9 Å². The Morgan fingerprint density at radius 3 is 2.72 bits per heavy atom. The third-order valence-electron chi connectivity index (χ3n) is 4.03. The monoisotopic (exact) mass is 334 g/mol. The van der Waals surface area contributed by atoms with Gasteiger partial charge in [-0.25, -0.2) is 15.0 Å². The van der Waals surface area contributed by atoms with Crippen molar-refractivity contribution >= 4 is 17.0 Å². The molecule has 6 heteroatoms. The van der Waals surface area contributed by atoms with Crippen LogP contribution < -0.4 is 5.32 Å². The summed E-state index contributed by atoms with van der Waals surface area (Å²) < 4.78 is 2.08. The van der Waals surface area contributed by atoms with Gasteiger partial charge >= 0.3 is 0 Å². The summed E-state index contributed by atoms with van der Waals surface area (Å²) in [7, 11) is 0. The number of aryl methyl sites for hydroxylation is 1. The van der Waals surface area contributed by atoms with Crippen molar-refractivity contribution in [2.75, 3.05) is 11.9 Å². The molecule has 2 heterocycles. The Morgan fingerprint density at radius 1 is 1.20 bits per heavy atom. The van der Waals surface area contributed by atoms with Crippen LogP contribution in [0.2, 0.25) is 0 Å². The zero-order valence-electron chi connectivity index (χ0n) is 14.8. The number of nitrogens with zero attached hydrogens (tertiary/aromatic N) is 5. The van der Waals surface area contributed by atoms with Crippen molar-refractivity contribution in [3.63, 3.8) is 0 Å². The number of para-hydroxylation sites is 2. The van der Waals surface area contributed by atoms with Crippen LogP contribution in [0.3, 0.4) is 0 Å². The van der Waals surface area contributed by atoms with Gasteiger partial charge in [0.2, 0.25) is 5.95 Å². The highest BCUT2D eigenvalue weighted by atomic mass is 15.1. The molecule has 0 radical (unpaired) electrons. The standard InChI is InChI=1S/C19H22N6/c1-4-25-17-8-6-5-7-16(17)23-18(25)14(11-20)15-9-10-21-19(24-15)22-12-13(2)3/h5-10,13-14H,4,12H2,1-3H3,(H,21,22,24). The molecule has 0 saturated heterocycles. The lowest BCUT2D eigenvalue weighted by Gasteiger charge is -2.13. The number of imidazole rings is 1. The highest BCUT2D eigenvalue weighted by Gasteiger charge is 2.23. The van der Waals surface area contributed by atoms with Crippen molar-refractivity contribution in [3.8, 4) is 6.07 Å². The molecule has 2 aromatic heterocycles. The Balaban J connectivity index is 2.01. The van der Waals surface area contributed by atoms with E-state index in [1.54, 1.807) is 12.3 Å². The summed E-state index contributed by atoms with van der Waals surface area (Å²) >= 11 is 0. The van der Waals surface area contributed by atoms with Crippen LogP contribution in [0.15, 0.2) is 36.5 Å². The van der Waals surface area contributed by atoms with Crippen molar-refractivity contribution < 1.29 is 0 Å². The minimum Gasteiger partial charge on any atom is -0.354 e. The number of nitriles is 1. The number of hydrogen-bond acceptors (Lipinski definition) is 5. The number of rotatable bonds is 6. The Morgan fingerprint density at radius 2 is 2.00 bits per heavy atom. The molecule has 0 aliphatic rings. The van der Waals surface area contributed by atoms with Gasteiger partial charge in [0.05, 0.1) is 22.8 Å². The predicted molar refractivity (Wildman–Crippen MR) is 98.2 cm³/mol. The second-order valence-corrected chi connectivity index (χ2v) is 6.34. The number of hydrogen-bond donors (Lipinski definition) is 1. The van der Waals surface area contributed by atoms with Gasteiger partial charge in [-0.2, -0.15) is 5.26 Å². The van der Waals surface area contributed by atoms with Gasteiger partial charge in [-0.3, -0.25) is 0 Å². The summed E-state index contributed by atoms with van der Waals surface area (Å²) in [5, 5.41) is 13.0. The van der Waals surface area contributed by atoms with E-state index in [-0.39, 0.29) is 0 Å². The third kappa shape index (κ3) is 3.45. The molecule has 6 nitrogen and oxygen atoms in total. The van der Waals surface area contributed by atoms with Gasteiger partial charge < -0.3 is 9.88 Å². The summed E-state index contributed by atoms with van der Waals surface area (Å²) in [6.07, 6.45) is 1.69. The molecule has 128 valence electrons. The highest BCUT2D eigenvalue weighted by Crippen LogP contribution is 2.26. The average Bonchev–Trinajstić information content (AvgIpc) is 2.99. The Kier molecular flexibility index (Phi) is 4.94. The molecule has 3 aromatic rings. The fraction of sp³-hybridized carbons (Fsp3) is 0.368. The van der Waals surface area contributed by atoms with E-state index < -0.39 is 5.92 Å². The zero-order valence-corrected chi connectivity index (χ0v) is 14.8. The topological polar surface area (TPSA) is 79.4 Å². The Bertz CT molecular complexity index is 906. The van der Waals surface area contributed by atoms with Crippen molar-refractivity contribution in [1.82, 2.24) is 19.5 Å². The van der Waals surface area contributed by atoms with Crippen LogP contribution in [0.1, 0.15) is 38.2 Å². The van der Waals surface area contributed by atoms with E-state index in [0.29, 0.717) is 17.6 Å². The maximum Gasteiger partial charge on any atom is 0.222 e. The van der Waals surface area contributed by atoms with Crippen molar-refractivity contribution in [1.29, 1.82) is 5.26 Å². The first-order valence-corrected chi connectivity index (χ1v) is 8.55. The molecular weight excluding hydrogens is 312 g/mol. The smallest absolute Gasteiger partial charge is 0.222 e. The molecule has 0 aliphatic carbocycles. The molecule has 0 fully saturated rings. The molecule has 3 rings (SSSR count). The second kappa shape index (κ2) is 7.31. The largest absolute Gasteiger partial charge is 0.354 e. The predicted octanol–water partition coefficient (Wildman–Crippen LogP) is 3.57. The van der Waals surface area contributed by atoms with Gasteiger partial charge in [0.15, 0.2) is 0 Å². The molecule has 1 aromatic carbocycles. The number of fused-ring (bicyclic) bond motifs is 1. The maximum absolute atomic E-state index is 9.80. The summed E-state index contributed by atoms with van der Waals surface area (Å²) in [5.41, 5.74) is 2.59. The van der Waals surface area contributed by atoms with Gasteiger partial charge in [-0.15, -0.1) is 0 Å². The second-order valence-electron chi connectivity index (χ2n) is 6.34. The van der Waals surface area contributed by atoms with E-state index in [4.69, 9.17) is 4.98 Å². The summed E-state index contributed by atoms with van der Waals surface area (Å²) in [6, 6.07) is 12.1. The number of aromatic nitrogens is 4. The van der Waals surface area contributed by atoms with Gasteiger partial charge in [0.1, 0.15) is 11.7 Å². The fourth-order valence-corrected chi connectivity index (χ4v) is 2.82. The summed E-state index contributed by atoms with van der Waals surface area (Å²) in [4.78, 5) is 13.5. The molecule has 0 bridgehead atoms. The number of benzene rings is 1. The zero-order chi connectivity index (χ0) is 17.8. The quantitative estimate of drug-likeness (QED) is 0.745. The van der Waals surface area contributed by atoms with Crippen LogP contribution >= 0.6 is 0 Å². The van der Waals surface area contributed by atoms with Crippen LogP contribution in [0.25, 0.3) is 11.0 Å². The highest BCUT2D eigenvalue weighted by molar-refractivity contribution is 5.76. The lowest BCUT2D eigenvalue weighted by molar-refractivity contribution is 0.681. The van der Waals surface area contributed by atoms with E-state index in [9.17, 15) is 5.26 Å². The summed E-state index contributed by atoms with van der Waals surface area (Å²) in [6.45, 7) is 7.84. The number of anilines is 1. The van der Waals surface area contributed by atoms with Crippen LogP contribution in [0.4, 0.5) is 5.95 Å². The fourth-order valence-electron chi connectivity index (χ4n) is 2.82. The van der Waals surface area contributed by atoms with Crippen molar-refractivity contribution in [3.05, 3.63) is 48.0 Å². The first kappa shape index (κ1) is 16.9. The molecule has 25 heavy (non-hydrogen) atoms. The lowest BCUT2D eigenvalue weighted by atomic mass is 10.1. The minimum absolute atomic E-state index is 0.489. The van der Waals surface area contributed by atoms with E-state index in [1.807, 2.05) is 24.3 Å². The van der Waals surface area contributed by atoms with Crippen LogP contribution in [-0.2, 0) is 6.54 Å². The Hall–Kier alpha value is -2.94. The molecule has 0 spiro atoms. The third-order valence-corrected chi connectivity index (χ3v) is 4.03. The van der Waals surface area contributed by atoms with Gasteiger partial charge in [0.25, 0.3) is 0 Å². The molecule has 1 N–H and O–H groups in total. The Labute approximate surface area is 147 Å². The van der Waals surface area contributed by atoms with Gasteiger partial charge in [0, 0.05) is 19.3 Å². The van der Waals surface area contributed by atoms with Gasteiger partial charge in [-0.05, 0) is 31.0 Å². The number of nitrogens with one attached hydrogen (secondary N) is 1. The van der Waals surface area contributed by atoms with E-state index in [2.05, 4.69) is 46.7 Å². The summed E-state index contributed by atoms with van der Waals surface area (Å²) in [5.74, 6) is 1.23. The van der Waals surface area contributed by atoms with E-state index in [1.165, 1.54) is 0 Å². The maximum atomic E-state index is 9.80. The molecule has 0 aliphatic heterocycles. The van der Waals surface area contributed by atoms with Crippen molar-refractivity contribution in [2.24, 2.45) is 5.92 Å². The van der Waals surface area contributed by atoms with Gasteiger partial charge in [-0.1, -0.05) is 26.0 Å². The van der Waals surface area contributed by atoms with Crippen LogP contribution in [-0.4, -0.2) is 26.1 Å². The van der Waals surface area contributed by atoms with Crippen LogP contribution in [0, 0.1) is 17.2 Å². The molecule has 0 amide bonds. The molecular formula is C19H22N6. The molecule has 0 saturated carbocycles. The van der Waals surface area contributed by atoms with Crippen molar-refractivity contribution in [2.45, 2.75) is 33.2 Å². The average molecular weight is 334 g/mol. The molecule has 1 atom stereocenters. The van der Waals surface area contributed by atoms with E-state index >= 15 is 0 Å².